The van der Waals surface area contributed by atoms with Gasteiger partial charge in [0.05, 0.1) is 12.0 Å². The van der Waals surface area contributed by atoms with Gasteiger partial charge in [0.25, 0.3) is 0 Å². The second kappa shape index (κ2) is 9.64. The maximum Gasteiger partial charge on any atom is 0.420 e. The maximum atomic E-state index is 14.3. The molecule has 2 saturated carbocycles. The van der Waals surface area contributed by atoms with Crippen molar-refractivity contribution in [2.75, 3.05) is 0 Å². The molecule has 0 aliphatic heterocycles. The summed E-state index contributed by atoms with van der Waals surface area (Å²) >= 11 is 0. The van der Waals surface area contributed by atoms with E-state index in [0.717, 1.165) is 37.7 Å². The Labute approximate surface area is 205 Å². The summed E-state index contributed by atoms with van der Waals surface area (Å²) in [5.74, 6) is -0.687. The van der Waals surface area contributed by atoms with Crippen molar-refractivity contribution in [3.63, 3.8) is 0 Å². The molecule has 2 N–H and O–H groups in total. The van der Waals surface area contributed by atoms with Crippen LogP contribution in [0.2, 0.25) is 0 Å². The van der Waals surface area contributed by atoms with Crippen LogP contribution in [0.5, 0.6) is 5.75 Å². The zero-order valence-electron chi connectivity index (χ0n) is 20.9. The van der Waals surface area contributed by atoms with Crippen LogP contribution >= 0.6 is 0 Å². The number of carboxylic acids is 1. The van der Waals surface area contributed by atoms with E-state index >= 15 is 0 Å². The summed E-state index contributed by atoms with van der Waals surface area (Å²) in [7, 11) is 0. The first-order valence-electron chi connectivity index (χ1n) is 12.7. The lowest BCUT2D eigenvalue weighted by Crippen LogP contribution is -2.59. The van der Waals surface area contributed by atoms with Gasteiger partial charge in [-0.3, -0.25) is 4.79 Å². The summed E-state index contributed by atoms with van der Waals surface area (Å²) in [5.41, 5.74) is -0.402. The Bertz CT molecular complexity index is 1070. The first-order valence-corrected chi connectivity index (χ1v) is 12.7. The van der Waals surface area contributed by atoms with Crippen LogP contribution in [0, 0.1) is 17.3 Å². The van der Waals surface area contributed by atoms with Gasteiger partial charge in [-0.1, -0.05) is 45.4 Å². The smallest absolute Gasteiger partial charge is 0.420 e. The number of rotatable bonds is 7. The fourth-order valence-corrected chi connectivity index (χ4v) is 5.84. The fraction of sp³-hybridized carbons (Fsp3) is 0.607. The van der Waals surface area contributed by atoms with Gasteiger partial charge < -0.3 is 15.2 Å². The molecule has 35 heavy (non-hydrogen) atoms. The molecule has 0 saturated heterocycles. The maximum absolute atomic E-state index is 14.3. The van der Waals surface area contributed by atoms with E-state index < -0.39 is 29.0 Å². The molecule has 3 atom stereocenters. The molecule has 0 spiro atoms. The van der Waals surface area contributed by atoms with Gasteiger partial charge in [0.2, 0.25) is 0 Å². The van der Waals surface area contributed by atoms with Crippen LogP contribution in [0.4, 0.5) is 13.2 Å². The minimum atomic E-state index is -4.55. The number of fused-ring (bicyclic) bond motifs is 1. The highest BCUT2D eigenvalue weighted by molar-refractivity contribution is 5.89. The molecule has 4 rings (SSSR count). The summed E-state index contributed by atoms with van der Waals surface area (Å²) in [6, 6.07) is 8.08. The Morgan fingerprint density at radius 3 is 2.40 bits per heavy atom. The van der Waals surface area contributed by atoms with Gasteiger partial charge >= 0.3 is 12.1 Å². The molecular formula is C28H36F3NO3. The lowest BCUT2D eigenvalue weighted by molar-refractivity contribution is -0.155. The van der Waals surface area contributed by atoms with E-state index in [0.29, 0.717) is 17.7 Å². The number of ether oxygens (including phenoxy) is 1. The predicted octanol–water partition coefficient (Wildman–Crippen LogP) is 7.36. The van der Waals surface area contributed by atoms with E-state index in [-0.39, 0.29) is 29.3 Å². The van der Waals surface area contributed by atoms with Crippen LogP contribution in [-0.4, -0.2) is 23.2 Å². The average molecular weight is 492 g/mol. The molecule has 0 amide bonds. The molecule has 7 heteroatoms. The van der Waals surface area contributed by atoms with Crippen molar-refractivity contribution in [3.8, 4) is 5.75 Å². The Kier molecular flexibility index (Phi) is 7.11. The third-order valence-corrected chi connectivity index (χ3v) is 8.47. The molecule has 4 nitrogen and oxygen atoms in total. The number of hydrogen-bond donors (Lipinski definition) is 2. The van der Waals surface area contributed by atoms with Crippen LogP contribution in [0.25, 0.3) is 10.8 Å². The summed E-state index contributed by atoms with van der Waals surface area (Å²) < 4.78 is 49.0. The number of benzene rings is 2. The third kappa shape index (κ3) is 5.16. The van der Waals surface area contributed by atoms with Crippen molar-refractivity contribution in [1.82, 2.24) is 5.32 Å². The summed E-state index contributed by atoms with van der Waals surface area (Å²) in [5, 5.41) is 13.5. The van der Waals surface area contributed by atoms with Gasteiger partial charge in [0, 0.05) is 12.1 Å². The van der Waals surface area contributed by atoms with Gasteiger partial charge in [0.15, 0.2) is 0 Å². The topological polar surface area (TPSA) is 58.6 Å². The van der Waals surface area contributed by atoms with E-state index in [2.05, 4.69) is 12.2 Å². The van der Waals surface area contributed by atoms with E-state index in [4.69, 9.17) is 4.74 Å². The number of carboxylic acid groups (broad SMARTS) is 1. The minimum absolute atomic E-state index is 0.0238. The van der Waals surface area contributed by atoms with Crippen LogP contribution in [-0.2, 0) is 11.0 Å². The Morgan fingerprint density at radius 1 is 1.17 bits per heavy atom. The second-order valence-corrected chi connectivity index (χ2v) is 11.0. The van der Waals surface area contributed by atoms with Gasteiger partial charge in [0.1, 0.15) is 11.3 Å². The molecule has 0 radical (unpaired) electrons. The lowest BCUT2D eigenvalue weighted by atomic mass is 9.58. The van der Waals surface area contributed by atoms with E-state index in [1.807, 2.05) is 26.8 Å². The van der Waals surface area contributed by atoms with Crippen molar-refractivity contribution >= 4 is 16.7 Å². The van der Waals surface area contributed by atoms with E-state index in [9.17, 15) is 23.1 Å². The minimum Gasteiger partial charge on any atom is -0.490 e. The summed E-state index contributed by atoms with van der Waals surface area (Å²) in [4.78, 5) is 11.4. The molecule has 0 aromatic heterocycles. The van der Waals surface area contributed by atoms with Gasteiger partial charge in [-0.05, 0) is 78.8 Å². The van der Waals surface area contributed by atoms with Crippen LogP contribution in [0.1, 0.15) is 83.4 Å². The standard InChI is InChI=1S/C28H36F3NO3/c1-5-17-6-11-20(12-7-17)35-23-13-10-18-8-9-19(14-21(18)25(23)28(29,30)31)16(2)32-24-15-22(26(33)34)27(24,3)4/h8-10,13-14,16-17,20,22,24,32H,5-7,11-12,15H2,1-4H3,(H,33,34)/t16-,17?,20?,22-,24-/m0/s1. The predicted molar refractivity (Wildman–Crippen MR) is 130 cm³/mol. The Balaban J connectivity index is 1.60. The van der Waals surface area contributed by atoms with Crippen molar-refractivity contribution in [2.24, 2.45) is 17.3 Å². The monoisotopic (exact) mass is 491 g/mol. The highest BCUT2D eigenvalue weighted by Gasteiger charge is 2.52. The molecule has 0 bridgehead atoms. The van der Waals surface area contributed by atoms with Gasteiger partial charge in [-0.25, -0.2) is 0 Å². The number of hydrogen-bond acceptors (Lipinski definition) is 3. The van der Waals surface area contributed by atoms with Crippen molar-refractivity contribution in [3.05, 3.63) is 41.5 Å². The molecule has 2 fully saturated rings. The summed E-state index contributed by atoms with van der Waals surface area (Å²) in [6.07, 6.45) is 0.408. The second-order valence-electron chi connectivity index (χ2n) is 11.0. The molecule has 2 aromatic carbocycles. The van der Waals surface area contributed by atoms with Crippen molar-refractivity contribution < 1.29 is 27.8 Å². The quantitative estimate of drug-likeness (QED) is 0.425. The number of halogens is 3. The Hall–Kier alpha value is -2.28. The largest absolute Gasteiger partial charge is 0.490 e. The highest BCUT2D eigenvalue weighted by Crippen LogP contribution is 2.47. The van der Waals surface area contributed by atoms with Crippen molar-refractivity contribution in [1.29, 1.82) is 0 Å². The van der Waals surface area contributed by atoms with Crippen LogP contribution in [0.3, 0.4) is 0 Å². The van der Waals surface area contributed by atoms with E-state index in [1.165, 1.54) is 6.07 Å². The van der Waals surface area contributed by atoms with E-state index in [1.54, 1.807) is 18.2 Å². The molecule has 2 aliphatic rings. The number of carbonyl (C=O) groups is 1. The third-order valence-electron chi connectivity index (χ3n) is 8.47. The van der Waals surface area contributed by atoms with Crippen LogP contribution in [0.15, 0.2) is 30.3 Å². The van der Waals surface area contributed by atoms with Gasteiger partial charge in [-0.15, -0.1) is 0 Å². The molecule has 2 aromatic rings. The average Bonchev–Trinajstić information content (AvgIpc) is 2.80. The number of alkyl halides is 3. The SMILES string of the molecule is CCC1CCC(Oc2ccc3ccc([C@H](C)N[C@H]4C[C@@H](C(=O)O)C4(C)C)cc3c2C(F)(F)F)CC1. The number of nitrogens with one attached hydrogen (secondary N) is 1. The lowest BCUT2D eigenvalue weighted by Gasteiger charge is -2.51. The van der Waals surface area contributed by atoms with Gasteiger partial charge in [-0.2, -0.15) is 13.2 Å². The zero-order valence-corrected chi connectivity index (χ0v) is 20.9. The molecule has 192 valence electrons. The molecule has 2 aliphatic carbocycles. The zero-order chi connectivity index (χ0) is 25.5. The Morgan fingerprint density at radius 2 is 1.83 bits per heavy atom. The first kappa shape index (κ1) is 25.8. The molecule has 0 heterocycles. The van der Waals surface area contributed by atoms with Crippen LogP contribution < -0.4 is 10.1 Å². The first-order chi connectivity index (χ1) is 16.4. The number of aliphatic carboxylic acids is 1. The fourth-order valence-electron chi connectivity index (χ4n) is 5.84. The van der Waals surface area contributed by atoms with Crippen molar-refractivity contribution in [2.45, 2.75) is 90.6 Å². The molecule has 0 unspecified atom stereocenters. The highest BCUT2D eigenvalue weighted by atomic mass is 19.4. The normalized spacial score (nSPS) is 27.3. The molecular weight excluding hydrogens is 455 g/mol. The summed E-state index contributed by atoms with van der Waals surface area (Å²) in [6.45, 7) is 7.89.